The summed E-state index contributed by atoms with van der Waals surface area (Å²) in [6.45, 7) is 0.695. The van der Waals surface area contributed by atoms with E-state index in [2.05, 4.69) is 54.6 Å². The molecule has 0 saturated carbocycles. The number of nitrogens with two attached hydrogens (primary N) is 1. The molecule has 27 heavy (non-hydrogen) atoms. The molecule has 6 heteroatoms. The predicted octanol–water partition coefficient (Wildman–Crippen LogP) is 3.78. The van der Waals surface area contributed by atoms with E-state index in [1.54, 1.807) is 0 Å². The summed E-state index contributed by atoms with van der Waals surface area (Å²) in [6, 6.07) is 17.3. The molecule has 1 aliphatic heterocycles. The van der Waals surface area contributed by atoms with Gasteiger partial charge < -0.3 is 15.9 Å². The average Bonchev–Trinajstić information content (AvgIpc) is 2.82. The zero-order chi connectivity index (χ0) is 19.6. The minimum Gasteiger partial charge on any atom is -0.478 e. The minimum atomic E-state index is -1.26. The van der Waals surface area contributed by atoms with Gasteiger partial charge in [0.25, 0.3) is 0 Å². The molecule has 1 aliphatic rings. The maximum absolute atomic E-state index is 9.55. The van der Waals surface area contributed by atoms with Crippen LogP contribution < -0.4 is 5.73 Å². The van der Waals surface area contributed by atoms with Gasteiger partial charge in [-0.05, 0) is 41.3 Å². The first kappa shape index (κ1) is 20.5. The molecule has 4 N–H and O–H groups in total. The number of aliphatic carboxylic acids is 2. The molecule has 0 bridgehead atoms. The number of carbonyl (C=O) groups is 2. The molecule has 0 aromatic heterocycles. The van der Waals surface area contributed by atoms with Crippen molar-refractivity contribution in [3.63, 3.8) is 0 Å². The van der Waals surface area contributed by atoms with E-state index in [1.807, 2.05) is 11.8 Å². The Morgan fingerprint density at radius 1 is 0.963 bits per heavy atom. The second-order valence-corrected chi connectivity index (χ2v) is 6.66. The lowest BCUT2D eigenvalue weighted by Gasteiger charge is -2.11. The molecule has 0 fully saturated rings. The molecular formula is C21H21NO4S. The largest absolute Gasteiger partial charge is 0.478 e. The van der Waals surface area contributed by atoms with Crippen LogP contribution in [0.3, 0.4) is 0 Å². The van der Waals surface area contributed by atoms with E-state index in [1.165, 1.54) is 27.2 Å². The van der Waals surface area contributed by atoms with Crippen molar-refractivity contribution in [1.29, 1.82) is 0 Å². The van der Waals surface area contributed by atoms with Crippen molar-refractivity contribution < 1.29 is 19.8 Å². The molecule has 0 spiro atoms. The van der Waals surface area contributed by atoms with E-state index in [9.17, 15) is 9.59 Å². The number of benzene rings is 2. The van der Waals surface area contributed by atoms with Gasteiger partial charge in [-0.2, -0.15) is 0 Å². The van der Waals surface area contributed by atoms with Crippen LogP contribution in [-0.4, -0.2) is 28.7 Å². The maximum atomic E-state index is 9.55. The van der Waals surface area contributed by atoms with E-state index >= 15 is 0 Å². The molecule has 0 atom stereocenters. The molecule has 3 rings (SSSR count). The fraction of sp³-hybridized carbons (Fsp3) is 0.143. The second kappa shape index (κ2) is 10.4. The summed E-state index contributed by atoms with van der Waals surface area (Å²) in [6.07, 6.45) is 4.32. The van der Waals surface area contributed by atoms with Crippen molar-refractivity contribution in [2.45, 2.75) is 17.1 Å². The highest BCUT2D eigenvalue weighted by molar-refractivity contribution is 7.98. The quantitative estimate of drug-likeness (QED) is 0.695. The first-order valence-corrected chi connectivity index (χ1v) is 9.36. The summed E-state index contributed by atoms with van der Waals surface area (Å²) >= 11 is 1.92. The van der Waals surface area contributed by atoms with E-state index in [0.717, 1.165) is 12.2 Å². The smallest absolute Gasteiger partial charge is 0.328 e. The molecule has 0 saturated heterocycles. The molecule has 140 valence electrons. The molecule has 5 nitrogen and oxygen atoms in total. The number of carboxylic acids is 2. The monoisotopic (exact) mass is 383 g/mol. The summed E-state index contributed by atoms with van der Waals surface area (Å²) < 4.78 is 0. The standard InChI is InChI=1S/C17H17NS.C4H4O4/c18-11-5-9-15-14-7-2-1-6-13(14)12-19-17-10-4-3-8-16(15)17;5-3(6)1-2-4(7)8/h1-4,6-10H,5,11-12,18H2;1-2H,(H,5,6)(H,7,8)/b15-9-;2-1-. The first-order chi connectivity index (χ1) is 13.0. The molecule has 1 heterocycles. The predicted molar refractivity (Wildman–Crippen MR) is 108 cm³/mol. The van der Waals surface area contributed by atoms with Crippen molar-refractivity contribution in [2.24, 2.45) is 5.73 Å². The van der Waals surface area contributed by atoms with Crippen molar-refractivity contribution in [3.05, 3.63) is 83.4 Å². The number of carboxylic acid groups (broad SMARTS) is 2. The van der Waals surface area contributed by atoms with Crippen LogP contribution in [0.4, 0.5) is 0 Å². The van der Waals surface area contributed by atoms with Gasteiger partial charge in [-0.25, -0.2) is 9.59 Å². The second-order valence-electron chi connectivity index (χ2n) is 5.65. The van der Waals surface area contributed by atoms with E-state index in [4.69, 9.17) is 15.9 Å². The minimum absolute atomic E-state index is 0.558. The third kappa shape index (κ3) is 6.13. The average molecular weight is 383 g/mol. The Balaban J connectivity index is 0.000000279. The Morgan fingerprint density at radius 3 is 2.19 bits per heavy atom. The zero-order valence-corrected chi connectivity index (χ0v) is 15.5. The molecule has 0 amide bonds. The lowest BCUT2D eigenvalue weighted by atomic mass is 9.93. The summed E-state index contributed by atoms with van der Waals surface area (Å²) in [7, 11) is 0. The molecule has 2 aromatic carbocycles. The Morgan fingerprint density at radius 2 is 1.56 bits per heavy atom. The lowest BCUT2D eigenvalue weighted by molar-refractivity contribution is -0.134. The van der Waals surface area contributed by atoms with Crippen LogP contribution in [0.2, 0.25) is 0 Å². The van der Waals surface area contributed by atoms with Crippen molar-refractivity contribution >= 4 is 29.3 Å². The maximum Gasteiger partial charge on any atom is 0.328 e. The molecule has 2 aromatic rings. The summed E-state index contributed by atoms with van der Waals surface area (Å²) in [4.78, 5) is 20.5. The summed E-state index contributed by atoms with van der Waals surface area (Å²) in [5.41, 5.74) is 11.1. The highest BCUT2D eigenvalue weighted by atomic mass is 32.2. The van der Waals surface area contributed by atoms with Gasteiger partial charge in [-0.1, -0.05) is 48.5 Å². The van der Waals surface area contributed by atoms with Crippen LogP contribution in [0.5, 0.6) is 0 Å². The molecule has 0 unspecified atom stereocenters. The third-order valence-corrected chi connectivity index (χ3v) is 4.87. The summed E-state index contributed by atoms with van der Waals surface area (Å²) in [5, 5.41) is 15.6. The normalized spacial score (nSPS) is 13.9. The van der Waals surface area contributed by atoms with Crippen LogP contribution in [-0.2, 0) is 15.3 Å². The highest BCUT2D eigenvalue weighted by Crippen LogP contribution is 2.39. The van der Waals surface area contributed by atoms with Gasteiger partial charge in [0.15, 0.2) is 0 Å². The van der Waals surface area contributed by atoms with E-state index in [-0.39, 0.29) is 0 Å². The van der Waals surface area contributed by atoms with Gasteiger partial charge in [0.2, 0.25) is 0 Å². The van der Waals surface area contributed by atoms with Gasteiger partial charge in [0.05, 0.1) is 0 Å². The van der Waals surface area contributed by atoms with Crippen LogP contribution in [0, 0.1) is 0 Å². The zero-order valence-electron chi connectivity index (χ0n) is 14.7. The Kier molecular flexibility index (Phi) is 7.85. The van der Waals surface area contributed by atoms with Gasteiger partial charge >= 0.3 is 11.9 Å². The molecule has 0 aliphatic carbocycles. The SMILES string of the molecule is NCC/C=C1/c2ccccc2CSc2ccccc21.O=C(O)/C=C\C(=O)O. The number of rotatable bonds is 4. The van der Waals surface area contributed by atoms with Crippen LogP contribution >= 0.6 is 11.8 Å². The Labute approximate surface area is 162 Å². The fourth-order valence-corrected chi connectivity index (χ4v) is 3.69. The van der Waals surface area contributed by atoms with E-state index < -0.39 is 11.9 Å². The van der Waals surface area contributed by atoms with Crippen molar-refractivity contribution in [3.8, 4) is 0 Å². The number of thioether (sulfide) groups is 1. The highest BCUT2D eigenvalue weighted by Gasteiger charge is 2.17. The van der Waals surface area contributed by atoms with Crippen LogP contribution in [0.15, 0.2) is 71.7 Å². The lowest BCUT2D eigenvalue weighted by Crippen LogP contribution is -1.98. The Bertz CT molecular complexity index is 808. The van der Waals surface area contributed by atoms with Crippen molar-refractivity contribution in [1.82, 2.24) is 0 Å². The fourth-order valence-electron chi connectivity index (χ4n) is 2.61. The van der Waals surface area contributed by atoms with Gasteiger partial charge in [0, 0.05) is 22.8 Å². The molecule has 0 radical (unpaired) electrons. The first-order valence-electron chi connectivity index (χ1n) is 8.37. The van der Waals surface area contributed by atoms with Crippen LogP contribution in [0.25, 0.3) is 5.57 Å². The Hall–Kier alpha value is -2.83. The topological polar surface area (TPSA) is 101 Å². The number of hydrogen-bond donors (Lipinski definition) is 3. The van der Waals surface area contributed by atoms with Gasteiger partial charge in [-0.15, -0.1) is 11.8 Å². The third-order valence-electron chi connectivity index (χ3n) is 3.75. The van der Waals surface area contributed by atoms with E-state index in [0.29, 0.717) is 18.7 Å². The molecular weight excluding hydrogens is 362 g/mol. The number of fused-ring (bicyclic) bond motifs is 2. The van der Waals surface area contributed by atoms with Gasteiger partial charge in [0.1, 0.15) is 0 Å². The van der Waals surface area contributed by atoms with Gasteiger partial charge in [-0.3, -0.25) is 0 Å². The summed E-state index contributed by atoms with van der Waals surface area (Å²) in [5.74, 6) is -1.48. The number of hydrogen-bond acceptors (Lipinski definition) is 4. The van der Waals surface area contributed by atoms with Crippen LogP contribution in [0.1, 0.15) is 23.1 Å². The van der Waals surface area contributed by atoms with Crippen molar-refractivity contribution in [2.75, 3.05) is 6.54 Å².